The molecule has 98 valence electrons. The number of benzene rings is 1. The first kappa shape index (κ1) is 13.1. The third-order valence-electron chi connectivity index (χ3n) is 3.58. The highest BCUT2D eigenvalue weighted by Gasteiger charge is 2.27. The highest BCUT2D eigenvalue weighted by molar-refractivity contribution is 5.83. The van der Waals surface area contributed by atoms with Gasteiger partial charge in [0.05, 0.1) is 0 Å². The van der Waals surface area contributed by atoms with Gasteiger partial charge in [-0.25, -0.2) is 0 Å². The van der Waals surface area contributed by atoms with Crippen molar-refractivity contribution in [2.24, 2.45) is 0 Å². The third kappa shape index (κ3) is 2.72. The van der Waals surface area contributed by atoms with Crippen LogP contribution >= 0.6 is 0 Å². The van der Waals surface area contributed by atoms with Crippen molar-refractivity contribution in [2.45, 2.75) is 32.2 Å². The van der Waals surface area contributed by atoms with E-state index in [4.69, 9.17) is 0 Å². The molecule has 1 heterocycles. The monoisotopic (exact) mass is 246 g/mol. The maximum absolute atomic E-state index is 12.4. The molecule has 0 saturated carbocycles. The minimum Gasteiger partial charge on any atom is -0.344 e. The number of carbonyl (C=O) groups is 1. The van der Waals surface area contributed by atoms with Crippen LogP contribution in [0.25, 0.3) is 0 Å². The van der Waals surface area contributed by atoms with E-state index in [0.717, 1.165) is 37.9 Å². The van der Waals surface area contributed by atoms with Crippen molar-refractivity contribution in [1.29, 1.82) is 0 Å². The Morgan fingerprint density at radius 1 is 1.44 bits per heavy atom. The SMILES string of the molecule is CCCCN(C)C(=O)C1NCCc2ccccc21. The van der Waals surface area contributed by atoms with Crippen LogP contribution in [0.2, 0.25) is 0 Å². The van der Waals surface area contributed by atoms with Gasteiger partial charge in [-0.05, 0) is 24.0 Å². The summed E-state index contributed by atoms with van der Waals surface area (Å²) in [5.41, 5.74) is 2.45. The summed E-state index contributed by atoms with van der Waals surface area (Å²) in [6.45, 7) is 3.87. The molecule has 1 aliphatic rings. The van der Waals surface area contributed by atoms with Gasteiger partial charge in [0.15, 0.2) is 0 Å². The van der Waals surface area contributed by atoms with Gasteiger partial charge in [0.25, 0.3) is 0 Å². The molecule has 0 radical (unpaired) electrons. The van der Waals surface area contributed by atoms with Crippen LogP contribution in [0, 0.1) is 0 Å². The van der Waals surface area contributed by atoms with E-state index < -0.39 is 0 Å². The maximum Gasteiger partial charge on any atom is 0.244 e. The van der Waals surface area contributed by atoms with E-state index in [1.165, 1.54) is 5.56 Å². The van der Waals surface area contributed by atoms with Crippen LogP contribution < -0.4 is 5.32 Å². The second kappa shape index (κ2) is 6.01. The Morgan fingerprint density at radius 2 is 2.22 bits per heavy atom. The van der Waals surface area contributed by atoms with E-state index in [-0.39, 0.29) is 11.9 Å². The van der Waals surface area contributed by atoms with Gasteiger partial charge >= 0.3 is 0 Å². The van der Waals surface area contributed by atoms with Crippen LogP contribution in [-0.2, 0) is 11.2 Å². The molecule has 1 N–H and O–H groups in total. The van der Waals surface area contributed by atoms with Crippen LogP contribution in [0.4, 0.5) is 0 Å². The summed E-state index contributed by atoms with van der Waals surface area (Å²) >= 11 is 0. The Hall–Kier alpha value is -1.35. The van der Waals surface area contributed by atoms with Crippen LogP contribution in [-0.4, -0.2) is 30.9 Å². The molecule has 1 aromatic rings. The molecule has 3 heteroatoms. The molecule has 18 heavy (non-hydrogen) atoms. The topological polar surface area (TPSA) is 32.3 Å². The molecule has 3 nitrogen and oxygen atoms in total. The number of carbonyl (C=O) groups excluding carboxylic acids is 1. The van der Waals surface area contributed by atoms with Gasteiger partial charge in [-0.2, -0.15) is 0 Å². The molecule has 0 spiro atoms. The summed E-state index contributed by atoms with van der Waals surface area (Å²) in [6.07, 6.45) is 3.20. The Bertz CT molecular complexity index is 417. The number of hydrogen-bond donors (Lipinski definition) is 1. The second-order valence-electron chi connectivity index (χ2n) is 4.95. The fourth-order valence-corrected chi connectivity index (χ4v) is 2.45. The van der Waals surface area contributed by atoms with E-state index in [9.17, 15) is 4.79 Å². The largest absolute Gasteiger partial charge is 0.344 e. The van der Waals surface area contributed by atoms with Gasteiger partial charge in [-0.3, -0.25) is 4.79 Å². The lowest BCUT2D eigenvalue weighted by Gasteiger charge is -2.29. The molecule has 1 atom stereocenters. The lowest BCUT2D eigenvalue weighted by molar-refractivity contribution is -0.132. The van der Waals surface area contributed by atoms with Gasteiger partial charge in [0.2, 0.25) is 5.91 Å². The van der Waals surface area contributed by atoms with Crippen molar-refractivity contribution in [3.05, 3.63) is 35.4 Å². The normalized spacial score (nSPS) is 18.2. The van der Waals surface area contributed by atoms with Gasteiger partial charge < -0.3 is 10.2 Å². The Morgan fingerprint density at radius 3 is 3.00 bits per heavy atom. The molecule has 1 amide bonds. The lowest BCUT2D eigenvalue weighted by atomic mass is 9.93. The zero-order chi connectivity index (χ0) is 13.0. The van der Waals surface area contributed by atoms with E-state index in [1.54, 1.807) is 0 Å². The van der Waals surface area contributed by atoms with E-state index in [1.807, 2.05) is 24.1 Å². The highest BCUT2D eigenvalue weighted by Crippen LogP contribution is 2.24. The lowest BCUT2D eigenvalue weighted by Crippen LogP contribution is -2.42. The Kier molecular flexibility index (Phi) is 4.37. The molecule has 0 bridgehead atoms. The first-order chi connectivity index (χ1) is 8.74. The first-order valence-corrected chi connectivity index (χ1v) is 6.80. The minimum atomic E-state index is -0.156. The number of rotatable bonds is 4. The summed E-state index contributed by atoms with van der Waals surface area (Å²) in [7, 11) is 1.90. The molecule has 0 fully saturated rings. The Labute approximate surface area is 109 Å². The maximum atomic E-state index is 12.4. The fraction of sp³-hybridized carbons (Fsp3) is 0.533. The predicted molar refractivity (Wildman–Crippen MR) is 73.4 cm³/mol. The predicted octanol–water partition coefficient (Wildman–Crippen LogP) is 2.13. The molecule has 2 rings (SSSR count). The quantitative estimate of drug-likeness (QED) is 0.882. The number of nitrogens with one attached hydrogen (secondary N) is 1. The molecule has 0 aromatic heterocycles. The highest BCUT2D eigenvalue weighted by atomic mass is 16.2. The Balaban J connectivity index is 2.12. The summed E-state index contributed by atoms with van der Waals surface area (Å²) in [6, 6.07) is 8.10. The van der Waals surface area contributed by atoms with E-state index >= 15 is 0 Å². The van der Waals surface area contributed by atoms with Gasteiger partial charge in [-0.15, -0.1) is 0 Å². The standard InChI is InChI=1S/C15H22N2O/c1-3-4-11-17(2)15(18)14-13-8-6-5-7-12(13)9-10-16-14/h5-8,14,16H,3-4,9-11H2,1-2H3. The van der Waals surface area contributed by atoms with Crippen molar-refractivity contribution in [2.75, 3.05) is 20.1 Å². The number of unbranched alkanes of at least 4 members (excludes halogenated alkanes) is 1. The van der Waals surface area contributed by atoms with Crippen molar-refractivity contribution < 1.29 is 4.79 Å². The molecule has 1 aliphatic heterocycles. The molecule has 1 unspecified atom stereocenters. The second-order valence-corrected chi connectivity index (χ2v) is 4.95. The average molecular weight is 246 g/mol. The van der Waals surface area contributed by atoms with Gasteiger partial charge in [0, 0.05) is 20.1 Å². The van der Waals surface area contributed by atoms with E-state index in [0.29, 0.717) is 0 Å². The number of likely N-dealkylation sites (N-methyl/N-ethyl adjacent to an activating group) is 1. The molecule has 0 aliphatic carbocycles. The summed E-state index contributed by atoms with van der Waals surface area (Å²) < 4.78 is 0. The molecular formula is C15H22N2O. The van der Waals surface area contributed by atoms with Crippen molar-refractivity contribution in [1.82, 2.24) is 10.2 Å². The first-order valence-electron chi connectivity index (χ1n) is 6.80. The van der Waals surface area contributed by atoms with Crippen molar-refractivity contribution in [3.8, 4) is 0 Å². The van der Waals surface area contributed by atoms with Crippen LogP contribution in [0.3, 0.4) is 0 Å². The van der Waals surface area contributed by atoms with E-state index in [2.05, 4.69) is 24.4 Å². The number of nitrogens with zero attached hydrogens (tertiary/aromatic N) is 1. The van der Waals surface area contributed by atoms with Crippen molar-refractivity contribution in [3.63, 3.8) is 0 Å². The smallest absolute Gasteiger partial charge is 0.244 e. The fourth-order valence-electron chi connectivity index (χ4n) is 2.45. The van der Waals surface area contributed by atoms with Crippen molar-refractivity contribution >= 4 is 5.91 Å². The van der Waals surface area contributed by atoms with Gasteiger partial charge in [0.1, 0.15) is 6.04 Å². The minimum absolute atomic E-state index is 0.156. The zero-order valence-corrected chi connectivity index (χ0v) is 11.3. The van der Waals surface area contributed by atoms with Crippen LogP contribution in [0.1, 0.15) is 36.9 Å². The molecule has 1 aromatic carbocycles. The summed E-state index contributed by atoms with van der Waals surface area (Å²) in [5, 5.41) is 3.34. The zero-order valence-electron chi connectivity index (χ0n) is 11.3. The molecular weight excluding hydrogens is 224 g/mol. The van der Waals surface area contributed by atoms with Gasteiger partial charge in [-0.1, -0.05) is 37.6 Å². The summed E-state index contributed by atoms with van der Waals surface area (Å²) in [4.78, 5) is 14.3. The van der Waals surface area contributed by atoms with Crippen LogP contribution in [0.15, 0.2) is 24.3 Å². The number of fused-ring (bicyclic) bond motifs is 1. The molecule has 0 saturated heterocycles. The number of hydrogen-bond acceptors (Lipinski definition) is 2. The summed E-state index contributed by atoms with van der Waals surface area (Å²) in [5.74, 6) is 0.190. The third-order valence-corrected chi connectivity index (χ3v) is 3.58. The average Bonchev–Trinajstić information content (AvgIpc) is 2.43. The number of amides is 1. The van der Waals surface area contributed by atoms with Crippen LogP contribution in [0.5, 0.6) is 0 Å².